The third kappa shape index (κ3) is 6.32. The number of aromatic nitrogens is 1. The first kappa shape index (κ1) is 25.4. The summed E-state index contributed by atoms with van der Waals surface area (Å²) in [5.41, 5.74) is 8.95. The number of esters is 1. The maximum absolute atomic E-state index is 12.2. The highest BCUT2D eigenvalue weighted by Gasteiger charge is 2.12. The molecule has 7 nitrogen and oxygen atoms in total. The number of rotatable bonds is 9. The summed E-state index contributed by atoms with van der Waals surface area (Å²) in [4.78, 5) is 24.1. The van der Waals surface area contributed by atoms with Gasteiger partial charge in [0.05, 0.1) is 18.4 Å². The Labute approximate surface area is 216 Å². The number of benzene rings is 3. The summed E-state index contributed by atoms with van der Waals surface area (Å²) in [6.45, 7) is 5.93. The predicted molar refractivity (Wildman–Crippen MR) is 144 cm³/mol. The van der Waals surface area contributed by atoms with Crippen LogP contribution in [0.25, 0.3) is 16.8 Å². The van der Waals surface area contributed by atoms with E-state index in [0.29, 0.717) is 17.9 Å². The Balaban J connectivity index is 1.33. The fraction of sp³-hybridized carbons (Fsp3) is 0.167. The Morgan fingerprint density at radius 1 is 0.919 bits per heavy atom. The number of hydrogen-bond donors (Lipinski definition) is 1. The highest BCUT2D eigenvalue weighted by Crippen LogP contribution is 2.22. The molecule has 0 saturated heterocycles. The predicted octanol–water partition coefficient (Wildman–Crippen LogP) is 5.47. The van der Waals surface area contributed by atoms with E-state index in [0.717, 1.165) is 33.8 Å². The monoisotopic (exact) mass is 495 g/mol. The first-order valence-electron chi connectivity index (χ1n) is 12.0. The lowest BCUT2D eigenvalue weighted by Gasteiger charge is -2.10. The van der Waals surface area contributed by atoms with E-state index in [4.69, 9.17) is 9.47 Å². The molecule has 4 rings (SSSR count). The fourth-order valence-corrected chi connectivity index (χ4v) is 4.01. The van der Waals surface area contributed by atoms with Gasteiger partial charge in [-0.15, -0.1) is 0 Å². The number of carbonyl (C=O) groups is 2. The van der Waals surface area contributed by atoms with Crippen molar-refractivity contribution in [3.63, 3.8) is 0 Å². The number of ether oxygens (including phenoxy) is 2. The Bertz CT molecular complexity index is 1390. The first-order chi connectivity index (χ1) is 18.0. The topological polar surface area (TPSA) is 81.9 Å². The SMILES string of the molecule is CCOC(=O)c1ccc(-n2c(C)cc(/C=N/NC(=O)COc3ccc(-c4ccccc4)cc3)c2C)cc1. The summed E-state index contributed by atoms with van der Waals surface area (Å²) in [5, 5.41) is 4.10. The summed E-state index contributed by atoms with van der Waals surface area (Å²) in [6.07, 6.45) is 1.61. The van der Waals surface area contributed by atoms with Crippen LogP contribution in [0, 0.1) is 13.8 Å². The highest BCUT2D eigenvalue weighted by atomic mass is 16.5. The van der Waals surface area contributed by atoms with Gasteiger partial charge in [-0.2, -0.15) is 5.10 Å². The molecule has 0 saturated carbocycles. The molecule has 188 valence electrons. The molecule has 4 aromatic rings. The van der Waals surface area contributed by atoms with Crippen molar-refractivity contribution in [3.8, 4) is 22.6 Å². The molecule has 0 aliphatic rings. The van der Waals surface area contributed by atoms with E-state index in [1.807, 2.05) is 86.6 Å². The quantitative estimate of drug-likeness (QED) is 0.190. The lowest BCUT2D eigenvalue weighted by atomic mass is 10.1. The van der Waals surface area contributed by atoms with E-state index in [1.165, 1.54) is 0 Å². The highest BCUT2D eigenvalue weighted by molar-refractivity contribution is 5.89. The van der Waals surface area contributed by atoms with E-state index < -0.39 is 0 Å². The van der Waals surface area contributed by atoms with Gasteiger partial charge in [-0.05, 0) is 74.4 Å². The van der Waals surface area contributed by atoms with E-state index in [9.17, 15) is 9.59 Å². The van der Waals surface area contributed by atoms with Gasteiger partial charge in [0, 0.05) is 22.6 Å². The van der Waals surface area contributed by atoms with Crippen LogP contribution in [-0.2, 0) is 9.53 Å². The largest absolute Gasteiger partial charge is 0.484 e. The molecule has 1 amide bonds. The van der Waals surface area contributed by atoms with Crippen LogP contribution in [-0.4, -0.2) is 35.9 Å². The average molecular weight is 496 g/mol. The van der Waals surface area contributed by atoms with Crippen molar-refractivity contribution in [2.24, 2.45) is 5.10 Å². The molecule has 0 fully saturated rings. The van der Waals surface area contributed by atoms with Crippen molar-refractivity contribution in [3.05, 3.63) is 107 Å². The molecule has 7 heteroatoms. The number of amides is 1. The van der Waals surface area contributed by atoms with Gasteiger partial charge in [0.15, 0.2) is 6.61 Å². The van der Waals surface area contributed by atoms with Crippen molar-refractivity contribution in [2.45, 2.75) is 20.8 Å². The van der Waals surface area contributed by atoms with Crippen LogP contribution in [0.2, 0.25) is 0 Å². The summed E-state index contributed by atoms with van der Waals surface area (Å²) in [5.74, 6) is -0.0881. The molecule has 0 aliphatic carbocycles. The molecule has 0 spiro atoms. The number of nitrogens with one attached hydrogen (secondary N) is 1. The normalized spacial score (nSPS) is 10.9. The van der Waals surface area contributed by atoms with Crippen LogP contribution in [0.1, 0.15) is 34.2 Å². The zero-order valence-corrected chi connectivity index (χ0v) is 21.1. The molecule has 0 aliphatic heterocycles. The number of aryl methyl sites for hydroxylation is 1. The summed E-state index contributed by atoms with van der Waals surface area (Å²) < 4.78 is 12.7. The van der Waals surface area contributed by atoms with Gasteiger partial charge in [-0.25, -0.2) is 10.2 Å². The maximum Gasteiger partial charge on any atom is 0.338 e. The molecule has 1 heterocycles. The Kier molecular flexibility index (Phi) is 8.15. The zero-order chi connectivity index (χ0) is 26.2. The lowest BCUT2D eigenvalue weighted by Crippen LogP contribution is -2.24. The van der Waals surface area contributed by atoms with Crippen LogP contribution in [0.15, 0.2) is 90.0 Å². The third-order valence-corrected chi connectivity index (χ3v) is 5.83. The van der Waals surface area contributed by atoms with E-state index in [2.05, 4.69) is 15.1 Å². The second-order valence-electron chi connectivity index (χ2n) is 8.40. The van der Waals surface area contributed by atoms with E-state index in [-0.39, 0.29) is 18.5 Å². The van der Waals surface area contributed by atoms with Crippen LogP contribution in [0.3, 0.4) is 0 Å². The molecular weight excluding hydrogens is 466 g/mol. The molecule has 0 radical (unpaired) electrons. The Hall–Kier alpha value is -4.65. The first-order valence-corrected chi connectivity index (χ1v) is 12.0. The van der Waals surface area contributed by atoms with Crippen LogP contribution in [0.5, 0.6) is 5.75 Å². The molecule has 0 unspecified atom stereocenters. The van der Waals surface area contributed by atoms with Gasteiger partial charge in [-0.1, -0.05) is 42.5 Å². The summed E-state index contributed by atoms with van der Waals surface area (Å²) >= 11 is 0. The van der Waals surface area contributed by atoms with Gasteiger partial charge < -0.3 is 14.0 Å². The zero-order valence-electron chi connectivity index (χ0n) is 21.1. The summed E-state index contributed by atoms with van der Waals surface area (Å²) in [7, 11) is 0. The van der Waals surface area contributed by atoms with E-state index in [1.54, 1.807) is 25.3 Å². The average Bonchev–Trinajstić information content (AvgIpc) is 3.21. The van der Waals surface area contributed by atoms with E-state index >= 15 is 0 Å². The number of hydrazone groups is 1. The van der Waals surface area contributed by atoms with Crippen molar-refractivity contribution >= 4 is 18.1 Å². The molecule has 37 heavy (non-hydrogen) atoms. The fourth-order valence-electron chi connectivity index (χ4n) is 4.01. The van der Waals surface area contributed by atoms with Gasteiger partial charge in [0.1, 0.15) is 5.75 Å². The van der Waals surface area contributed by atoms with Crippen LogP contribution >= 0.6 is 0 Å². The van der Waals surface area contributed by atoms with Gasteiger partial charge in [0.2, 0.25) is 0 Å². The number of carbonyl (C=O) groups excluding carboxylic acids is 2. The number of hydrogen-bond acceptors (Lipinski definition) is 5. The molecule has 3 aromatic carbocycles. The molecule has 0 atom stereocenters. The minimum atomic E-state index is -0.355. The van der Waals surface area contributed by atoms with Gasteiger partial charge in [-0.3, -0.25) is 4.79 Å². The Morgan fingerprint density at radius 2 is 1.59 bits per heavy atom. The molecule has 1 N–H and O–H groups in total. The minimum absolute atomic E-state index is 0.145. The Morgan fingerprint density at radius 3 is 2.27 bits per heavy atom. The standard InChI is InChI=1S/C30H29N3O4/c1-4-36-30(35)25-10-14-27(15-11-25)33-21(2)18-26(22(33)3)19-31-32-29(34)20-37-28-16-12-24(13-17-28)23-8-6-5-7-9-23/h5-19H,4,20H2,1-3H3,(H,32,34)/b31-19+. The van der Waals surface area contributed by atoms with Crippen LogP contribution < -0.4 is 10.2 Å². The van der Waals surface area contributed by atoms with Crippen molar-refractivity contribution in [1.29, 1.82) is 0 Å². The smallest absolute Gasteiger partial charge is 0.338 e. The second kappa shape index (κ2) is 11.9. The van der Waals surface area contributed by atoms with Crippen molar-refractivity contribution in [1.82, 2.24) is 9.99 Å². The van der Waals surface area contributed by atoms with Gasteiger partial charge in [0.25, 0.3) is 5.91 Å². The van der Waals surface area contributed by atoms with Crippen molar-refractivity contribution in [2.75, 3.05) is 13.2 Å². The van der Waals surface area contributed by atoms with Gasteiger partial charge >= 0.3 is 5.97 Å². The third-order valence-electron chi connectivity index (χ3n) is 5.83. The maximum atomic E-state index is 12.2. The summed E-state index contributed by atoms with van der Waals surface area (Å²) in [6, 6.07) is 26.9. The number of nitrogens with zero attached hydrogens (tertiary/aromatic N) is 2. The molecular formula is C30H29N3O4. The molecule has 0 bridgehead atoms. The molecule has 1 aromatic heterocycles. The lowest BCUT2D eigenvalue weighted by molar-refractivity contribution is -0.123. The van der Waals surface area contributed by atoms with Crippen molar-refractivity contribution < 1.29 is 19.1 Å². The minimum Gasteiger partial charge on any atom is -0.484 e. The van der Waals surface area contributed by atoms with Crippen LogP contribution in [0.4, 0.5) is 0 Å². The second-order valence-corrected chi connectivity index (χ2v) is 8.40.